The molecule has 1 aliphatic rings. The summed E-state index contributed by atoms with van der Waals surface area (Å²) in [6.07, 6.45) is 1.24. The third kappa shape index (κ3) is 2.45. The SMILES string of the molecule is CCNC1CCN(c2ccc3sccc3c2)C(C)C1C. The third-order valence-electron chi connectivity index (χ3n) is 4.80. The first-order chi connectivity index (χ1) is 9.70. The Balaban J connectivity index is 1.83. The Hall–Kier alpha value is -1.06. The number of nitrogens with zero attached hydrogens (tertiary/aromatic N) is 1. The van der Waals surface area contributed by atoms with Gasteiger partial charge in [-0.15, -0.1) is 11.3 Å². The average Bonchev–Trinajstić information content (AvgIpc) is 2.91. The predicted molar refractivity (Wildman–Crippen MR) is 89.9 cm³/mol. The second-order valence-electron chi connectivity index (χ2n) is 5.89. The standard InChI is InChI=1S/C17H24N2S/c1-4-18-16-7-9-19(13(3)12(16)2)15-5-6-17-14(11-15)8-10-20-17/h5-6,8,10-13,16,18H,4,7,9H2,1-3H3. The van der Waals surface area contributed by atoms with Crippen LogP contribution in [0.3, 0.4) is 0 Å². The van der Waals surface area contributed by atoms with Gasteiger partial charge in [0.05, 0.1) is 0 Å². The van der Waals surface area contributed by atoms with Gasteiger partial charge < -0.3 is 10.2 Å². The molecule has 1 saturated heterocycles. The molecule has 0 aliphatic carbocycles. The van der Waals surface area contributed by atoms with Crippen LogP contribution in [0.15, 0.2) is 29.6 Å². The molecule has 108 valence electrons. The number of nitrogens with one attached hydrogen (secondary N) is 1. The summed E-state index contributed by atoms with van der Waals surface area (Å²) in [5, 5.41) is 7.19. The summed E-state index contributed by atoms with van der Waals surface area (Å²) in [5.41, 5.74) is 1.38. The zero-order valence-electron chi connectivity index (χ0n) is 12.6. The molecule has 3 rings (SSSR count). The molecule has 3 heteroatoms. The molecule has 1 fully saturated rings. The number of hydrogen-bond acceptors (Lipinski definition) is 3. The molecule has 2 heterocycles. The normalized spacial score (nSPS) is 27.1. The van der Waals surface area contributed by atoms with Crippen molar-refractivity contribution in [2.45, 2.75) is 39.3 Å². The van der Waals surface area contributed by atoms with Gasteiger partial charge in [-0.2, -0.15) is 0 Å². The lowest BCUT2D eigenvalue weighted by molar-refractivity contribution is 0.274. The van der Waals surface area contributed by atoms with Crippen molar-refractivity contribution >= 4 is 27.1 Å². The molecule has 3 atom stereocenters. The van der Waals surface area contributed by atoms with Gasteiger partial charge in [0.2, 0.25) is 0 Å². The van der Waals surface area contributed by atoms with Crippen LogP contribution in [0.1, 0.15) is 27.2 Å². The lowest BCUT2D eigenvalue weighted by Gasteiger charge is -2.44. The van der Waals surface area contributed by atoms with Crippen molar-refractivity contribution in [3.05, 3.63) is 29.6 Å². The summed E-state index contributed by atoms with van der Waals surface area (Å²) < 4.78 is 1.39. The number of thiophene rings is 1. The van der Waals surface area contributed by atoms with Gasteiger partial charge in [0.1, 0.15) is 0 Å². The van der Waals surface area contributed by atoms with E-state index in [1.807, 2.05) is 11.3 Å². The molecule has 0 saturated carbocycles. The van der Waals surface area contributed by atoms with Gasteiger partial charge >= 0.3 is 0 Å². The van der Waals surface area contributed by atoms with Crippen LogP contribution in [-0.4, -0.2) is 25.2 Å². The van der Waals surface area contributed by atoms with E-state index < -0.39 is 0 Å². The van der Waals surface area contributed by atoms with Gasteiger partial charge in [-0.05, 0) is 60.8 Å². The van der Waals surface area contributed by atoms with Crippen LogP contribution in [-0.2, 0) is 0 Å². The Morgan fingerprint density at radius 1 is 1.30 bits per heavy atom. The Kier molecular flexibility index (Phi) is 3.99. The molecular formula is C17H24N2S. The summed E-state index contributed by atoms with van der Waals surface area (Å²) in [4.78, 5) is 2.58. The quantitative estimate of drug-likeness (QED) is 0.914. The van der Waals surface area contributed by atoms with E-state index in [1.54, 1.807) is 0 Å². The number of anilines is 1. The third-order valence-corrected chi connectivity index (χ3v) is 5.70. The first-order valence-corrected chi connectivity index (χ1v) is 8.56. The van der Waals surface area contributed by atoms with Crippen LogP contribution in [0.2, 0.25) is 0 Å². The average molecular weight is 288 g/mol. The molecule has 1 aromatic heterocycles. The van der Waals surface area contributed by atoms with Gasteiger partial charge in [-0.3, -0.25) is 0 Å². The second kappa shape index (κ2) is 5.74. The van der Waals surface area contributed by atoms with Crippen LogP contribution in [0.5, 0.6) is 0 Å². The smallest absolute Gasteiger partial charge is 0.0375 e. The number of rotatable bonds is 3. The molecule has 1 aliphatic heterocycles. The number of hydrogen-bond donors (Lipinski definition) is 1. The first kappa shape index (κ1) is 13.9. The second-order valence-corrected chi connectivity index (χ2v) is 6.84. The van der Waals surface area contributed by atoms with Crippen LogP contribution in [0.4, 0.5) is 5.69 Å². The molecule has 0 amide bonds. The minimum Gasteiger partial charge on any atom is -0.368 e. The molecule has 0 bridgehead atoms. The summed E-state index contributed by atoms with van der Waals surface area (Å²) in [7, 11) is 0. The summed E-state index contributed by atoms with van der Waals surface area (Å²) in [6.45, 7) is 9.18. The van der Waals surface area contributed by atoms with Crippen molar-refractivity contribution in [1.29, 1.82) is 0 Å². The summed E-state index contributed by atoms with van der Waals surface area (Å²) >= 11 is 1.82. The highest BCUT2D eigenvalue weighted by atomic mass is 32.1. The Bertz CT molecular complexity index is 577. The maximum absolute atomic E-state index is 3.64. The van der Waals surface area contributed by atoms with E-state index in [4.69, 9.17) is 0 Å². The molecular weight excluding hydrogens is 264 g/mol. The van der Waals surface area contributed by atoms with Crippen LogP contribution in [0.25, 0.3) is 10.1 Å². The highest BCUT2D eigenvalue weighted by molar-refractivity contribution is 7.17. The zero-order valence-corrected chi connectivity index (χ0v) is 13.4. The molecule has 1 N–H and O–H groups in total. The Labute approximate surface area is 125 Å². The number of benzene rings is 1. The van der Waals surface area contributed by atoms with Crippen molar-refractivity contribution in [1.82, 2.24) is 5.32 Å². The highest BCUT2D eigenvalue weighted by Gasteiger charge is 2.31. The van der Waals surface area contributed by atoms with Crippen molar-refractivity contribution in [3.8, 4) is 0 Å². The van der Waals surface area contributed by atoms with Crippen molar-refractivity contribution in [2.24, 2.45) is 5.92 Å². The molecule has 3 unspecified atom stereocenters. The topological polar surface area (TPSA) is 15.3 Å². The number of fused-ring (bicyclic) bond motifs is 1. The largest absolute Gasteiger partial charge is 0.368 e. The van der Waals surface area contributed by atoms with Crippen molar-refractivity contribution in [2.75, 3.05) is 18.0 Å². The summed E-state index contributed by atoms with van der Waals surface area (Å²) in [6, 6.07) is 10.4. The van der Waals surface area contributed by atoms with E-state index in [-0.39, 0.29) is 0 Å². The minimum absolute atomic E-state index is 0.587. The molecule has 2 aromatic rings. The van der Waals surface area contributed by atoms with Crippen molar-refractivity contribution in [3.63, 3.8) is 0 Å². The van der Waals surface area contributed by atoms with E-state index in [9.17, 15) is 0 Å². The highest BCUT2D eigenvalue weighted by Crippen LogP contribution is 2.32. The Morgan fingerprint density at radius 2 is 2.15 bits per heavy atom. The molecule has 0 spiro atoms. The molecule has 20 heavy (non-hydrogen) atoms. The van der Waals surface area contributed by atoms with Crippen molar-refractivity contribution < 1.29 is 0 Å². The fraction of sp³-hybridized carbons (Fsp3) is 0.529. The molecule has 1 aromatic carbocycles. The minimum atomic E-state index is 0.587. The van der Waals surface area contributed by atoms with E-state index in [0.29, 0.717) is 18.0 Å². The first-order valence-electron chi connectivity index (χ1n) is 7.68. The maximum atomic E-state index is 3.64. The van der Waals surface area contributed by atoms with Gasteiger partial charge in [-0.25, -0.2) is 0 Å². The molecule has 0 radical (unpaired) electrons. The van der Waals surface area contributed by atoms with Gasteiger partial charge in [-0.1, -0.05) is 13.8 Å². The lowest BCUT2D eigenvalue weighted by atomic mass is 9.86. The fourth-order valence-corrected chi connectivity index (χ4v) is 4.18. The van der Waals surface area contributed by atoms with E-state index >= 15 is 0 Å². The van der Waals surface area contributed by atoms with Gasteiger partial charge in [0.25, 0.3) is 0 Å². The van der Waals surface area contributed by atoms with Gasteiger partial charge in [0, 0.05) is 29.0 Å². The summed E-state index contributed by atoms with van der Waals surface area (Å²) in [5.74, 6) is 0.682. The zero-order chi connectivity index (χ0) is 14.1. The number of piperidine rings is 1. The van der Waals surface area contributed by atoms with E-state index in [0.717, 1.165) is 13.1 Å². The molecule has 2 nitrogen and oxygen atoms in total. The lowest BCUT2D eigenvalue weighted by Crippen LogP contribution is -2.53. The van der Waals surface area contributed by atoms with E-state index in [2.05, 4.69) is 60.6 Å². The monoisotopic (exact) mass is 288 g/mol. The van der Waals surface area contributed by atoms with Crippen LogP contribution in [0, 0.1) is 5.92 Å². The van der Waals surface area contributed by atoms with Gasteiger partial charge in [0.15, 0.2) is 0 Å². The maximum Gasteiger partial charge on any atom is 0.0375 e. The predicted octanol–water partition coefficient (Wildman–Crippen LogP) is 4.11. The Morgan fingerprint density at radius 3 is 2.95 bits per heavy atom. The fourth-order valence-electron chi connectivity index (χ4n) is 3.41. The van der Waals surface area contributed by atoms with Crippen LogP contribution < -0.4 is 10.2 Å². The van der Waals surface area contributed by atoms with E-state index in [1.165, 1.54) is 22.2 Å². The van der Waals surface area contributed by atoms with Crippen LogP contribution >= 0.6 is 11.3 Å².